The van der Waals surface area contributed by atoms with E-state index in [9.17, 15) is 4.79 Å². The number of thiophene rings is 1. The molecule has 3 aromatic heterocycles. The van der Waals surface area contributed by atoms with E-state index in [0.29, 0.717) is 13.2 Å². The summed E-state index contributed by atoms with van der Waals surface area (Å²) in [5.74, 6) is 1.56. The third-order valence-electron chi connectivity index (χ3n) is 5.53. The molecule has 0 saturated carbocycles. The van der Waals surface area contributed by atoms with E-state index in [4.69, 9.17) is 9.72 Å². The molecule has 0 bridgehead atoms. The van der Waals surface area contributed by atoms with Crippen LogP contribution in [-0.2, 0) is 13.2 Å². The van der Waals surface area contributed by atoms with Gasteiger partial charge in [0.25, 0.3) is 5.56 Å². The number of nitrogens with zero attached hydrogens (tertiary/aromatic N) is 3. The number of ether oxygens (including phenoxy) is 1. The van der Waals surface area contributed by atoms with E-state index in [1.165, 1.54) is 0 Å². The van der Waals surface area contributed by atoms with Crippen LogP contribution in [0, 0.1) is 13.8 Å². The van der Waals surface area contributed by atoms with Gasteiger partial charge in [0, 0.05) is 23.2 Å². The monoisotopic (exact) mass is 415 g/mol. The highest BCUT2D eigenvalue weighted by molar-refractivity contribution is 7.18. The Morgan fingerprint density at radius 2 is 2.00 bits per heavy atom. The van der Waals surface area contributed by atoms with Crippen molar-refractivity contribution in [2.75, 3.05) is 0 Å². The number of benzene rings is 1. The van der Waals surface area contributed by atoms with Crippen LogP contribution in [-0.4, -0.2) is 14.5 Å². The first kappa shape index (κ1) is 18.8. The maximum Gasteiger partial charge on any atom is 0.262 e. The Kier molecular flexibility index (Phi) is 4.71. The Balaban J connectivity index is 1.52. The highest BCUT2D eigenvalue weighted by Crippen LogP contribution is 2.33. The van der Waals surface area contributed by atoms with Crippen LogP contribution in [0.2, 0.25) is 0 Å². The number of pyridine rings is 1. The third-order valence-corrected chi connectivity index (χ3v) is 6.63. The van der Waals surface area contributed by atoms with E-state index < -0.39 is 0 Å². The molecule has 0 saturated heterocycles. The normalized spacial score (nSPS) is 14.4. The summed E-state index contributed by atoms with van der Waals surface area (Å²) < 4.78 is 7.85. The molecule has 1 aromatic carbocycles. The number of aryl methyl sites for hydroxylation is 2. The largest absolute Gasteiger partial charge is 0.487 e. The van der Waals surface area contributed by atoms with Gasteiger partial charge in [-0.3, -0.25) is 14.3 Å². The highest BCUT2D eigenvalue weighted by atomic mass is 32.1. The molecule has 0 spiro atoms. The maximum atomic E-state index is 13.0. The molecule has 5 rings (SSSR count). The van der Waals surface area contributed by atoms with Crippen molar-refractivity contribution in [3.63, 3.8) is 0 Å². The summed E-state index contributed by atoms with van der Waals surface area (Å²) in [6, 6.07) is 13.7. The maximum absolute atomic E-state index is 13.0. The summed E-state index contributed by atoms with van der Waals surface area (Å²) >= 11 is 1.59. The van der Waals surface area contributed by atoms with Gasteiger partial charge in [-0.05, 0) is 55.7 Å². The SMILES string of the molecule is Cc1sc2nc3n(c(=O)c2c1C)CCC3=Cc1ccccc1OCc1ccccn1. The van der Waals surface area contributed by atoms with E-state index in [-0.39, 0.29) is 5.56 Å². The van der Waals surface area contributed by atoms with Gasteiger partial charge in [0.2, 0.25) is 0 Å². The number of hydrogen-bond acceptors (Lipinski definition) is 5. The molecule has 1 aliphatic rings. The van der Waals surface area contributed by atoms with Crippen molar-refractivity contribution in [3.05, 3.63) is 86.5 Å². The zero-order chi connectivity index (χ0) is 20.7. The highest BCUT2D eigenvalue weighted by Gasteiger charge is 2.23. The lowest BCUT2D eigenvalue weighted by Crippen LogP contribution is -2.20. The minimum atomic E-state index is 0.0694. The molecular formula is C24H21N3O2S. The average Bonchev–Trinajstić information content (AvgIpc) is 3.29. The van der Waals surface area contributed by atoms with E-state index >= 15 is 0 Å². The Hall–Kier alpha value is -3.25. The van der Waals surface area contributed by atoms with Crippen LogP contribution < -0.4 is 10.3 Å². The van der Waals surface area contributed by atoms with Gasteiger partial charge in [-0.2, -0.15) is 0 Å². The van der Waals surface area contributed by atoms with Gasteiger partial charge in [0.15, 0.2) is 0 Å². The lowest BCUT2D eigenvalue weighted by molar-refractivity contribution is 0.300. The van der Waals surface area contributed by atoms with Crippen molar-refractivity contribution in [3.8, 4) is 5.75 Å². The number of hydrogen-bond donors (Lipinski definition) is 0. The first-order chi connectivity index (χ1) is 14.6. The van der Waals surface area contributed by atoms with Gasteiger partial charge >= 0.3 is 0 Å². The minimum Gasteiger partial charge on any atom is -0.487 e. The molecule has 0 N–H and O–H groups in total. The summed E-state index contributed by atoms with van der Waals surface area (Å²) in [6.45, 7) is 5.12. The first-order valence-electron chi connectivity index (χ1n) is 9.95. The van der Waals surface area contributed by atoms with Crippen LogP contribution in [0.5, 0.6) is 5.75 Å². The third kappa shape index (κ3) is 3.23. The van der Waals surface area contributed by atoms with Gasteiger partial charge in [0.05, 0.1) is 11.1 Å². The van der Waals surface area contributed by atoms with Crippen molar-refractivity contribution in [1.82, 2.24) is 14.5 Å². The van der Waals surface area contributed by atoms with Crippen molar-refractivity contribution >= 4 is 33.2 Å². The first-order valence-corrected chi connectivity index (χ1v) is 10.8. The molecule has 5 nitrogen and oxygen atoms in total. The Labute approximate surface area is 178 Å². The molecule has 6 heteroatoms. The van der Waals surface area contributed by atoms with Crippen LogP contribution in [0.4, 0.5) is 0 Å². The lowest BCUT2D eigenvalue weighted by atomic mass is 10.1. The van der Waals surface area contributed by atoms with Crippen LogP contribution in [0.3, 0.4) is 0 Å². The molecule has 0 atom stereocenters. The number of aromatic nitrogens is 3. The van der Waals surface area contributed by atoms with Gasteiger partial charge in [-0.1, -0.05) is 24.3 Å². The summed E-state index contributed by atoms with van der Waals surface area (Å²) in [5, 5.41) is 0.765. The summed E-state index contributed by atoms with van der Waals surface area (Å²) in [6.07, 6.45) is 4.64. The van der Waals surface area contributed by atoms with Gasteiger partial charge in [-0.25, -0.2) is 4.98 Å². The fourth-order valence-corrected chi connectivity index (χ4v) is 4.83. The quantitative estimate of drug-likeness (QED) is 0.471. The smallest absolute Gasteiger partial charge is 0.262 e. The van der Waals surface area contributed by atoms with Crippen LogP contribution in [0.15, 0.2) is 53.5 Å². The van der Waals surface area contributed by atoms with Crippen molar-refractivity contribution in [1.29, 1.82) is 0 Å². The van der Waals surface area contributed by atoms with Gasteiger partial charge < -0.3 is 4.74 Å². The molecule has 4 aromatic rings. The second-order valence-electron chi connectivity index (χ2n) is 7.42. The number of allylic oxidation sites excluding steroid dienone is 1. The molecular weight excluding hydrogens is 394 g/mol. The number of fused-ring (bicyclic) bond motifs is 2. The second-order valence-corrected chi connectivity index (χ2v) is 8.63. The van der Waals surface area contributed by atoms with E-state index in [1.807, 2.05) is 60.9 Å². The van der Waals surface area contributed by atoms with Crippen LogP contribution in [0.1, 0.15) is 33.9 Å². The molecule has 0 radical (unpaired) electrons. The zero-order valence-corrected chi connectivity index (χ0v) is 17.7. The van der Waals surface area contributed by atoms with Gasteiger partial charge in [0.1, 0.15) is 23.0 Å². The molecule has 150 valence electrons. The Morgan fingerprint density at radius 1 is 1.17 bits per heavy atom. The fourth-order valence-electron chi connectivity index (χ4n) is 3.81. The Bertz CT molecular complexity index is 1340. The number of para-hydroxylation sites is 1. The summed E-state index contributed by atoms with van der Waals surface area (Å²) in [5.41, 5.74) is 4.04. The molecule has 0 amide bonds. The Morgan fingerprint density at radius 3 is 2.83 bits per heavy atom. The lowest BCUT2D eigenvalue weighted by Gasteiger charge is -2.09. The zero-order valence-electron chi connectivity index (χ0n) is 16.9. The van der Waals surface area contributed by atoms with Crippen LogP contribution >= 0.6 is 11.3 Å². The molecule has 0 fully saturated rings. The molecule has 0 unspecified atom stereocenters. The molecule has 0 aliphatic carbocycles. The fraction of sp³-hybridized carbons (Fsp3) is 0.208. The molecule has 1 aliphatic heterocycles. The van der Waals surface area contributed by atoms with E-state index in [2.05, 4.69) is 11.1 Å². The van der Waals surface area contributed by atoms with Crippen molar-refractivity contribution in [2.45, 2.75) is 33.4 Å². The van der Waals surface area contributed by atoms with E-state index in [1.54, 1.807) is 17.5 Å². The van der Waals surface area contributed by atoms with Crippen molar-refractivity contribution in [2.24, 2.45) is 0 Å². The minimum absolute atomic E-state index is 0.0694. The van der Waals surface area contributed by atoms with E-state index in [0.717, 1.165) is 55.5 Å². The summed E-state index contributed by atoms with van der Waals surface area (Å²) in [4.78, 5) is 24.2. The van der Waals surface area contributed by atoms with Crippen LogP contribution in [0.25, 0.3) is 21.9 Å². The summed E-state index contributed by atoms with van der Waals surface area (Å²) in [7, 11) is 0. The standard InChI is InChI=1S/C24H21N3O2S/c1-15-16(2)30-23-21(15)24(28)27-12-10-18(22(27)26-23)13-17-7-3-4-9-20(17)29-14-19-8-5-6-11-25-19/h3-9,11,13H,10,12,14H2,1-2H3. The second kappa shape index (κ2) is 7.54. The predicted molar refractivity (Wildman–Crippen MR) is 121 cm³/mol. The number of rotatable bonds is 4. The predicted octanol–water partition coefficient (Wildman–Crippen LogP) is 4.99. The average molecular weight is 416 g/mol. The topological polar surface area (TPSA) is 57.0 Å². The van der Waals surface area contributed by atoms with Gasteiger partial charge in [-0.15, -0.1) is 11.3 Å². The van der Waals surface area contributed by atoms with Crippen molar-refractivity contribution < 1.29 is 4.74 Å². The molecule has 4 heterocycles. The molecule has 30 heavy (non-hydrogen) atoms.